The molecule has 25 heavy (non-hydrogen) atoms. The molecule has 1 fully saturated rings. The first kappa shape index (κ1) is 17.0. The first-order valence-electron chi connectivity index (χ1n) is 8.43. The van der Waals surface area contributed by atoms with Crippen molar-refractivity contribution in [3.8, 4) is 11.8 Å². The maximum atomic E-state index is 11.4. The van der Waals surface area contributed by atoms with E-state index in [-0.39, 0.29) is 5.97 Å². The third kappa shape index (κ3) is 5.34. The minimum Gasteiger partial charge on any atom is -0.465 e. The van der Waals surface area contributed by atoms with Crippen LogP contribution in [0.15, 0.2) is 54.6 Å². The zero-order valence-corrected chi connectivity index (χ0v) is 14.3. The van der Waals surface area contributed by atoms with Crippen molar-refractivity contribution in [3.63, 3.8) is 0 Å². The van der Waals surface area contributed by atoms with Crippen LogP contribution in [-0.2, 0) is 11.3 Å². The standard InChI is InChI=1S/C22H21NO2/c1-25-22(24)20-12-10-18(11-13-20)5-3-2-4-17-6-8-19(9-7-17)16-23-21-14-15-21/h2,4,6-13,21,23H,14-16H2,1H3. The van der Waals surface area contributed by atoms with Gasteiger partial charge in [-0.15, -0.1) is 0 Å². The van der Waals surface area contributed by atoms with Gasteiger partial charge in [0, 0.05) is 18.2 Å². The summed E-state index contributed by atoms with van der Waals surface area (Å²) in [6.45, 7) is 0.941. The van der Waals surface area contributed by atoms with Crippen LogP contribution in [0.4, 0.5) is 0 Å². The predicted molar refractivity (Wildman–Crippen MR) is 100.0 cm³/mol. The molecule has 2 aromatic rings. The molecular weight excluding hydrogens is 310 g/mol. The molecule has 0 radical (unpaired) electrons. The maximum absolute atomic E-state index is 11.4. The van der Waals surface area contributed by atoms with Crippen molar-refractivity contribution in [1.82, 2.24) is 5.32 Å². The molecular formula is C22H21NO2. The molecule has 3 heteroatoms. The number of esters is 1. The number of ether oxygens (including phenoxy) is 1. The summed E-state index contributed by atoms with van der Waals surface area (Å²) in [5.41, 5.74) is 3.82. The smallest absolute Gasteiger partial charge is 0.337 e. The van der Waals surface area contributed by atoms with Gasteiger partial charge in [0.05, 0.1) is 12.7 Å². The largest absolute Gasteiger partial charge is 0.465 e. The van der Waals surface area contributed by atoms with Gasteiger partial charge in [0.2, 0.25) is 0 Å². The maximum Gasteiger partial charge on any atom is 0.337 e. The molecule has 1 aliphatic rings. The molecule has 0 aliphatic heterocycles. The number of allylic oxidation sites excluding steroid dienone is 1. The lowest BCUT2D eigenvalue weighted by Gasteiger charge is -2.02. The number of benzene rings is 2. The van der Waals surface area contributed by atoms with Gasteiger partial charge in [0.15, 0.2) is 0 Å². The monoisotopic (exact) mass is 331 g/mol. The fraction of sp³-hybridized carbons (Fsp3) is 0.227. The lowest BCUT2D eigenvalue weighted by atomic mass is 10.1. The molecule has 0 amide bonds. The van der Waals surface area contributed by atoms with Crippen molar-refractivity contribution >= 4 is 12.0 Å². The van der Waals surface area contributed by atoms with Crippen LogP contribution in [0.5, 0.6) is 0 Å². The zero-order valence-electron chi connectivity index (χ0n) is 14.3. The van der Waals surface area contributed by atoms with Crippen LogP contribution in [0.1, 0.15) is 39.9 Å². The Hall–Kier alpha value is -2.83. The Bertz CT molecular complexity index is 804. The average molecular weight is 331 g/mol. The van der Waals surface area contributed by atoms with Crippen LogP contribution >= 0.6 is 0 Å². The normalized spacial score (nSPS) is 13.3. The minimum atomic E-state index is -0.338. The summed E-state index contributed by atoms with van der Waals surface area (Å²) in [5, 5.41) is 3.51. The topological polar surface area (TPSA) is 38.3 Å². The molecule has 0 heterocycles. The Labute approximate surface area is 148 Å². The summed E-state index contributed by atoms with van der Waals surface area (Å²) in [7, 11) is 1.37. The fourth-order valence-corrected chi connectivity index (χ4v) is 2.37. The molecule has 1 N–H and O–H groups in total. The molecule has 3 nitrogen and oxygen atoms in total. The van der Waals surface area contributed by atoms with Crippen molar-refractivity contribution < 1.29 is 9.53 Å². The molecule has 126 valence electrons. The number of carbonyl (C=O) groups excluding carboxylic acids is 1. The van der Waals surface area contributed by atoms with Gasteiger partial charge >= 0.3 is 5.97 Å². The molecule has 1 aliphatic carbocycles. The van der Waals surface area contributed by atoms with Crippen LogP contribution < -0.4 is 5.32 Å². The molecule has 2 aromatic carbocycles. The molecule has 0 atom stereocenters. The van der Waals surface area contributed by atoms with Crippen LogP contribution in [0.2, 0.25) is 0 Å². The number of nitrogens with one attached hydrogen (secondary N) is 1. The second-order valence-corrected chi connectivity index (χ2v) is 6.07. The van der Waals surface area contributed by atoms with Crippen molar-refractivity contribution in [2.75, 3.05) is 7.11 Å². The third-order valence-corrected chi connectivity index (χ3v) is 4.03. The second kappa shape index (κ2) is 8.32. The van der Waals surface area contributed by atoms with E-state index in [1.54, 1.807) is 12.1 Å². The van der Waals surface area contributed by atoms with Crippen LogP contribution in [0.25, 0.3) is 6.08 Å². The first-order valence-corrected chi connectivity index (χ1v) is 8.43. The van der Waals surface area contributed by atoms with E-state index < -0.39 is 0 Å². The van der Waals surface area contributed by atoms with Crippen LogP contribution in [-0.4, -0.2) is 19.1 Å². The number of hydrogen-bond acceptors (Lipinski definition) is 3. The van der Waals surface area contributed by atoms with Crippen LogP contribution in [0, 0.1) is 11.8 Å². The molecule has 0 saturated heterocycles. The molecule has 3 rings (SSSR count). The highest BCUT2D eigenvalue weighted by molar-refractivity contribution is 5.89. The van der Waals surface area contributed by atoms with Gasteiger partial charge in [0.25, 0.3) is 0 Å². The summed E-state index contributed by atoms with van der Waals surface area (Å²) in [6, 6.07) is 16.3. The van der Waals surface area contributed by atoms with E-state index in [0.29, 0.717) is 5.56 Å². The predicted octanol–water partition coefficient (Wildman–Crippen LogP) is 3.79. The molecule has 0 spiro atoms. The van der Waals surface area contributed by atoms with Gasteiger partial charge in [-0.25, -0.2) is 4.79 Å². The van der Waals surface area contributed by atoms with E-state index in [1.165, 1.54) is 25.5 Å². The van der Waals surface area contributed by atoms with Gasteiger partial charge in [-0.05, 0) is 60.4 Å². The lowest BCUT2D eigenvalue weighted by Crippen LogP contribution is -2.14. The molecule has 0 unspecified atom stereocenters. The number of hydrogen-bond donors (Lipinski definition) is 1. The van der Waals surface area contributed by atoms with Gasteiger partial charge in [-0.3, -0.25) is 0 Å². The van der Waals surface area contributed by atoms with E-state index in [1.807, 2.05) is 24.3 Å². The SMILES string of the molecule is COC(=O)c1ccc(C#CC=Cc2ccc(CNC3CC3)cc2)cc1. The Morgan fingerprint density at radius 2 is 1.88 bits per heavy atom. The summed E-state index contributed by atoms with van der Waals surface area (Å²) in [6.07, 6.45) is 6.45. The Morgan fingerprint density at radius 1 is 1.16 bits per heavy atom. The Kier molecular flexibility index (Phi) is 5.66. The second-order valence-electron chi connectivity index (χ2n) is 6.07. The molecule has 0 aromatic heterocycles. The highest BCUT2D eigenvalue weighted by Crippen LogP contribution is 2.19. The summed E-state index contributed by atoms with van der Waals surface area (Å²) in [5.74, 6) is 5.73. The Morgan fingerprint density at radius 3 is 2.52 bits per heavy atom. The number of methoxy groups -OCH3 is 1. The molecule has 1 saturated carbocycles. The minimum absolute atomic E-state index is 0.338. The van der Waals surface area contributed by atoms with Crippen LogP contribution in [0.3, 0.4) is 0 Å². The number of carbonyl (C=O) groups is 1. The lowest BCUT2D eigenvalue weighted by molar-refractivity contribution is 0.0600. The van der Waals surface area contributed by atoms with Gasteiger partial charge < -0.3 is 10.1 Å². The number of rotatable bonds is 5. The van der Waals surface area contributed by atoms with Gasteiger partial charge in [-0.2, -0.15) is 0 Å². The van der Waals surface area contributed by atoms with E-state index in [9.17, 15) is 4.79 Å². The highest BCUT2D eigenvalue weighted by atomic mass is 16.5. The quantitative estimate of drug-likeness (QED) is 0.669. The van der Waals surface area contributed by atoms with Gasteiger partial charge in [-0.1, -0.05) is 36.1 Å². The Balaban J connectivity index is 1.54. The zero-order chi connectivity index (χ0) is 17.5. The summed E-state index contributed by atoms with van der Waals surface area (Å²) in [4.78, 5) is 11.4. The van der Waals surface area contributed by atoms with E-state index in [4.69, 9.17) is 0 Å². The summed E-state index contributed by atoms with van der Waals surface area (Å²) < 4.78 is 4.67. The van der Waals surface area contributed by atoms with E-state index in [0.717, 1.165) is 23.7 Å². The van der Waals surface area contributed by atoms with E-state index >= 15 is 0 Å². The van der Waals surface area contributed by atoms with E-state index in [2.05, 4.69) is 46.2 Å². The van der Waals surface area contributed by atoms with Crippen molar-refractivity contribution in [2.45, 2.75) is 25.4 Å². The summed E-state index contributed by atoms with van der Waals surface area (Å²) >= 11 is 0. The molecule has 0 bridgehead atoms. The third-order valence-electron chi connectivity index (χ3n) is 4.03. The van der Waals surface area contributed by atoms with Gasteiger partial charge in [0.1, 0.15) is 0 Å². The first-order chi connectivity index (χ1) is 12.2. The highest BCUT2D eigenvalue weighted by Gasteiger charge is 2.19. The van der Waals surface area contributed by atoms with Crippen molar-refractivity contribution in [3.05, 3.63) is 76.9 Å². The average Bonchev–Trinajstić information content (AvgIpc) is 3.49. The van der Waals surface area contributed by atoms with Crippen molar-refractivity contribution in [1.29, 1.82) is 0 Å². The van der Waals surface area contributed by atoms with Crippen molar-refractivity contribution in [2.24, 2.45) is 0 Å². The fourth-order valence-electron chi connectivity index (χ4n) is 2.37.